The first kappa shape index (κ1) is 18.2. The molecule has 0 aromatic carbocycles. The number of hydrogen-bond donors (Lipinski definition) is 3. The van der Waals surface area contributed by atoms with Gasteiger partial charge in [-0.3, -0.25) is 0 Å². The molecule has 0 radical (unpaired) electrons. The molecule has 0 aliphatic carbocycles. The van der Waals surface area contributed by atoms with Gasteiger partial charge < -0.3 is 24.7 Å². The maximum absolute atomic E-state index is 12.6. The summed E-state index contributed by atoms with van der Waals surface area (Å²) in [6.45, 7) is 3.29. The number of esters is 1. The van der Waals surface area contributed by atoms with E-state index in [1.54, 1.807) is 30.4 Å². The van der Waals surface area contributed by atoms with Crippen molar-refractivity contribution in [3.05, 3.63) is 57.8 Å². The number of urea groups is 1. The summed E-state index contributed by atoms with van der Waals surface area (Å²) in [5.41, 5.74) is 0.939. The number of hydrogen-bond acceptors (Lipinski definition) is 5. The lowest BCUT2D eigenvalue weighted by atomic mass is 10.00. The Labute approximate surface area is 155 Å². The number of quaternary nitrogens is 1. The topological polar surface area (TPSA) is 85.0 Å². The highest BCUT2D eigenvalue weighted by Crippen LogP contribution is 2.27. The molecule has 2 aromatic heterocycles. The van der Waals surface area contributed by atoms with Crippen molar-refractivity contribution in [2.75, 3.05) is 20.2 Å². The Hall–Kier alpha value is -2.58. The van der Waals surface area contributed by atoms with Crippen molar-refractivity contribution >= 4 is 23.3 Å². The minimum absolute atomic E-state index is 0.256. The highest BCUT2D eigenvalue weighted by atomic mass is 32.1. The maximum atomic E-state index is 12.6. The van der Waals surface area contributed by atoms with Crippen LogP contribution < -0.4 is 15.5 Å². The molecule has 8 heteroatoms. The summed E-state index contributed by atoms with van der Waals surface area (Å²) in [4.78, 5) is 27.1. The van der Waals surface area contributed by atoms with Gasteiger partial charge in [-0.05, 0) is 30.5 Å². The molecule has 0 saturated heterocycles. The lowest BCUT2D eigenvalue weighted by Gasteiger charge is -2.28. The zero-order valence-electron chi connectivity index (χ0n) is 14.7. The zero-order chi connectivity index (χ0) is 18.5. The average Bonchev–Trinajstić information content (AvgIpc) is 3.27. The van der Waals surface area contributed by atoms with Crippen molar-refractivity contribution in [2.24, 2.45) is 0 Å². The van der Waals surface area contributed by atoms with Crippen molar-refractivity contribution in [1.82, 2.24) is 10.6 Å². The second kappa shape index (κ2) is 8.20. The first-order valence-electron chi connectivity index (χ1n) is 8.43. The van der Waals surface area contributed by atoms with Gasteiger partial charge in [0.05, 0.1) is 36.1 Å². The highest BCUT2D eigenvalue weighted by Gasteiger charge is 2.36. The molecule has 3 N–H and O–H groups in total. The number of thiophene rings is 1. The Morgan fingerprint density at radius 3 is 2.85 bits per heavy atom. The molecule has 3 rings (SSSR count). The van der Waals surface area contributed by atoms with E-state index in [0.717, 1.165) is 11.4 Å². The number of rotatable bonds is 7. The Balaban J connectivity index is 1.90. The molecule has 0 fully saturated rings. The SMILES string of the molecule is CCOC(=O)C1=C(C[NH+](C)Cc2cccs2)NC(=O)N[C@H]1c1ccco1. The summed E-state index contributed by atoms with van der Waals surface area (Å²) < 4.78 is 10.7. The van der Waals surface area contributed by atoms with Crippen LogP contribution in [0.1, 0.15) is 23.6 Å². The molecule has 1 aliphatic heterocycles. The fraction of sp³-hybridized carbons (Fsp3) is 0.333. The van der Waals surface area contributed by atoms with Crippen LogP contribution >= 0.6 is 11.3 Å². The van der Waals surface area contributed by atoms with Crippen LogP contribution in [0.2, 0.25) is 0 Å². The number of nitrogens with one attached hydrogen (secondary N) is 3. The van der Waals surface area contributed by atoms with Gasteiger partial charge in [-0.2, -0.15) is 0 Å². The molecular weight excluding hydrogens is 354 g/mol. The third-order valence-corrected chi connectivity index (χ3v) is 4.89. The van der Waals surface area contributed by atoms with Gasteiger partial charge in [0.25, 0.3) is 0 Å². The summed E-state index contributed by atoms with van der Waals surface area (Å²) in [5, 5.41) is 7.56. The van der Waals surface area contributed by atoms with E-state index in [9.17, 15) is 9.59 Å². The van der Waals surface area contributed by atoms with Crippen molar-refractivity contribution < 1.29 is 23.6 Å². The summed E-state index contributed by atoms with van der Waals surface area (Å²) in [6, 6.07) is 6.51. The molecule has 1 unspecified atom stereocenters. The van der Waals surface area contributed by atoms with Crippen LogP contribution in [0.5, 0.6) is 0 Å². The molecule has 7 nitrogen and oxygen atoms in total. The van der Waals surface area contributed by atoms with E-state index in [1.165, 1.54) is 11.1 Å². The predicted octanol–water partition coefficient (Wildman–Crippen LogP) is 1.23. The smallest absolute Gasteiger partial charge is 0.338 e. The molecule has 3 heterocycles. The Morgan fingerprint density at radius 2 is 2.19 bits per heavy atom. The average molecular weight is 376 g/mol. The maximum Gasteiger partial charge on any atom is 0.338 e. The molecule has 26 heavy (non-hydrogen) atoms. The van der Waals surface area contributed by atoms with Gasteiger partial charge in [0.2, 0.25) is 0 Å². The van der Waals surface area contributed by atoms with Gasteiger partial charge in [0, 0.05) is 0 Å². The van der Waals surface area contributed by atoms with Crippen molar-refractivity contribution in [3.63, 3.8) is 0 Å². The van der Waals surface area contributed by atoms with Crippen LogP contribution in [0.25, 0.3) is 0 Å². The number of furan rings is 1. The standard InChI is InChI=1S/C18H21N3O4S/c1-3-24-17(22)15-13(11-21(2)10-12-6-5-9-26-12)19-18(23)20-16(15)14-7-4-8-25-14/h4-9,16H,3,10-11H2,1-2H3,(H2,19,20,23)/p+1/t16-/m0/s1. The van der Waals surface area contributed by atoms with E-state index < -0.39 is 12.0 Å². The third-order valence-electron chi connectivity index (χ3n) is 4.01. The number of ether oxygens (including phenoxy) is 1. The van der Waals surface area contributed by atoms with Gasteiger partial charge in [0.1, 0.15) is 24.9 Å². The fourth-order valence-electron chi connectivity index (χ4n) is 2.95. The van der Waals surface area contributed by atoms with E-state index in [-0.39, 0.29) is 12.6 Å². The Morgan fingerprint density at radius 1 is 1.35 bits per heavy atom. The predicted molar refractivity (Wildman–Crippen MR) is 96.6 cm³/mol. The normalized spacial score (nSPS) is 18.2. The van der Waals surface area contributed by atoms with E-state index in [1.807, 2.05) is 18.5 Å². The molecular formula is C18H22N3O4S+. The summed E-state index contributed by atoms with van der Waals surface area (Å²) >= 11 is 1.68. The number of amides is 2. The second-order valence-electron chi connectivity index (χ2n) is 6.05. The van der Waals surface area contributed by atoms with E-state index >= 15 is 0 Å². The first-order chi connectivity index (χ1) is 12.6. The van der Waals surface area contributed by atoms with Crippen molar-refractivity contribution in [1.29, 1.82) is 0 Å². The van der Waals surface area contributed by atoms with Crippen LogP contribution in [-0.2, 0) is 16.1 Å². The van der Waals surface area contributed by atoms with Crippen LogP contribution in [0.3, 0.4) is 0 Å². The number of carbonyl (C=O) groups is 2. The molecule has 0 saturated carbocycles. The van der Waals surface area contributed by atoms with Gasteiger partial charge in [-0.15, -0.1) is 11.3 Å². The zero-order valence-corrected chi connectivity index (χ0v) is 15.5. The molecule has 2 aromatic rings. The minimum Gasteiger partial charge on any atom is -0.467 e. The lowest BCUT2D eigenvalue weighted by Crippen LogP contribution is -3.08. The third kappa shape index (κ3) is 4.14. The van der Waals surface area contributed by atoms with Crippen LogP contribution in [0, 0.1) is 0 Å². The van der Waals surface area contributed by atoms with Gasteiger partial charge >= 0.3 is 12.0 Å². The van der Waals surface area contributed by atoms with Gasteiger partial charge in [-0.1, -0.05) is 6.07 Å². The Bertz CT molecular complexity index is 783. The molecule has 2 atom stereocenters. The molecule has 138 valence electrons. The van der Waals surface area contributed by atoms with E-state index in [2.05, 4.69) is 16.7 Å². The number of likely N-dealkylation sites (N-methyl/N-ethyl adjacent to an activating group) is 1. The first-order valence-corrected chi connectivity index (χ1v) is 9.31. The fourth-order valence-corrected chi connectivity index (χ4v) is 3.77. The largest absolute Gasteiger partial charge is 0.467 e. The van der Waals surface area contributed by atoms with Gasteiger partial charge in [0.15, 0.2) is 0 Å². The second-order valence-corrected chi connectivity index (χ2v) is 7.08. The van der Waals surface area contributed by atoms with Crippen molar-refractivity contribution in [3.8, 4) is 0 Å². The summed E-state index contributed by atoms with van der Waals surface area (Å²) in [6.07, 6.45) is 1.51. The highest BCUT2D eigenvalue weighted by molar-refractivity contribution is 7.09. The summed E-state index contributed by atoms with van der Waals surface area (Å²) in [7, 11) is 2.02. The van der Waals surface area contributed by atoms with Crippen molar-refractivity contribution in [2.45, 2.75) is 19.5 Å². The molecule has 0 bridgehead atoms. The van der Waals surface area contributed by atoms with Gasteiger partial charge in [-0.25, -0.2) is 9.59 Å². The monoisotopic (exact) mass is 376 g/mol. The van der Waals surface area contributed by atoms with E-state index in [4.69, 9.17) is 9.15 Å². The van der Waals surface area contributed by atoms with E-state index in [0.29, 0.717) is 23.6 Å². The summed E-state index contributed by atoms with van der Waals surface area (Å²) in [5.74, 6) is 0.0386. The number of carbonyl (C=O) groups excluding carboxylic acids is 2. The van der Waals surface area contributed by atoms with Crippen LogP contribution in [0.15, 0.2) is 51.6 Å². The Kier molecular flexibility index (Phi) is 5.75. The minimum atomic E-state index is -0.665. The lowest BCUT2D eigenvalue weighted by molar-refractivity contribution is -0.888. The van der Waals surface area contributed by atoms with Crippen LogP contribution in [-0.4, -0.2) is 32.2 Å². The quantitative estimate of drug-likeness (QED) is 0.635. The molecule has 1 aliphatic rings. The van der Waals surface area contributed by atoms with Crippen LogP contribution in [0.4, 0.5) is 4.79 Å². The molecule has 0 spiro atoms. The molecule has 2 amide bonds.